The number of carbonyl (C=O) groups excluding carboxylic acids is 1. The van der Waals surface area contributed by atoms with E-state index in [1.54, 1.807) is 12.3 Å². The van der Waals surface area contributed by atoms with Gasteiger partial charge in [0, 0.05) is 11.8 Å². The van der Waals surface area contributed by atoms with E-state index in [4.69, 9.17) is 0 Å². The summed E-state index contributed by atoms with van der Waals surface area (Å²) < 4.78 is 0.197. The Balaban J connectivity index is 3.29. The van der Waals surface area contributed by atoms with Gasteiger partial charge in [-0.1, -0.05) is 12.2 Å². The summed E-state index contributed by atoms with van der Waals surface area (Å²) in [4.78, 5) is 12.8. The lowest BCUT2D eigenvalue weighted by molar-refractivity contribution is -0.255. The Morgan fingerprint density at radius 1 is 1.70 bits per heavy atom. The van der Waals surface area contributed by atoms with Crippen molar-refractivity contribution in [1.82, 2.24) is 4.98 Å². The predicted molar refractivity (Wildman–Crippen MR) is 36.0 cm³/mol. The van der Waals surface area contributed by atoms with Crippen molar-refractivity contribution in [1.29, 1.82) is 0 Å². The highest BCUT2D eigenvalue weighted by molar-refractivity contribution is 7.71. The van der Waals surface area contributed by atoms with Gasteiger partial charge in [0.25, 0.3) is 0 Å². The molecular weight excluding hydrogens is 150 g/mol. The minimum Gasteiger partial charge on any atom is -0.545 e. The molecule has 0 amide bonds. The third-order valence-corrected chi connectivity index (χ3v) is 1.38. The maximum absolute atomic E-state index is 10.2. The molecule has 4 heteroatoms. The van der Waals surface area contributed by atoms with Crippen LogP contribution in [-0.4, -0.2) is 11.0 Å². The van der Waals surface area contributed by atoms with E-state index in [9.17, 15) is 9.90 Å². The van der Waals surface area contributed by atoms with Crippen LogP contribution in [0.15, 0.2) is 18.3 Å². The van der Waals surface area contributed by atoms with Crippen LogP contribution in [0.25, 0.3) is 0 Å². The van der Waals surface area contributed by atoms with Crippen LogP contribution in [0.3, 0.4) is 0 Å². The van der Waals surface area contributed by atoms with E-state index in [1.807, 2.05) is 0 Å². The third-order valence-electron chi connectivity index (χ3n) is 1.04. The van der Waals surface area contributed by atoms with Crippen molar-refractivity contribution in [2.75, 3.05) is 0 Å². The highest BCUT2D eigenvalue weighted by Crippen LogP contribution is 1.96. The van der Waals surface area contributed by atoms with Crippen LogP contribution in [0.1, 0.15) is 10.4 Å². The molecule has 0 radical (unpaired) electrons. The number of nitrogens with one attached hydrogen (secondary N) is 1. The Bertz CT molecular complexity index is 305. The third kappa shape index (κ3) is 1.22. The maximum Gasteiger partial charge on any atom is 0.112 e. The van der Waals surface area contributed by atoms with Gasteiger partial charge in [0.15, 0.2) is 0 Å². The second-order valence-corrected chi connectivity index (χ2v) is 2.11. The first-order valence-electron chi connectivity index (χ1n) is 2.61. The van der Waals surface area contributed by atoms with Crippen LogP contribution in [-0.2, 0) is 0 Å². The number of H-pyrrole nitrogens is 1. The first-order valence-corrected chi connectivity index (χ1v) is 3.01. The van der Waals surface area contributed by atoms with Gasteiger partial charge >= 0.3 is 0 Å². The molecule has 0 aromatic carbocycles. The summed E-state index contributed by atoms with van der Waals surface area (Å²) in [6, 6.07) is 2.95. The lowest BCUT2D eigenvalue weighted by Gasteiger charge is -1.99. The average Bonchev–Trinajstić information content (AvgIpc) is 1.88. The summed E-state index contributed by atoms with van der Waals surface area (Å²) >= 11 is 4.65. The minimum atomic E-state index is -1.25. The molecule has 3 nitrogen and oxygen atoms in total. The fourth-order valence-corrected chi connectivity index (χ4v) is 0.802. The Kier molecular flexibility index (Phi) is 1.82. The number of aromatic nitrogens is 1. The molecule has 0 aliphatic heterocycles. The first kappa shape index (κ1) is 6.95. The maximum atomic E-state index is 10.2. The standard InChI is InChI=1S/C6H5NO2S/c8-6(9)4-2-1-3-7-5(4)10/h1-3H,(H,7,10)(H,8,9)/p-1. The quantitative estimate of drug-likeness (QED) is 0.584. The normalized spacial score (nSPS) is 9.20. The number of carboxylic acid groups (broad SMARTS) is 1. The fraction of sp³-hybridized carbons (Fsp3) is 0. The largest absolute Gasteiger partial charge is 0.545 e. The van der Waals surface area contributed by atoms with Crippen LogP contribution in [0.4, 0.5) is 0 Å². The van der Waals surface area contributed by atoms with Crippen molar-refractivity contribution >= 4 is 18.2 Å². The number of hydrogen-bond acceptors (Lipinski definition) is 3. The van der Waals surface area contributed by atoms with Crippen LogP contribution in [0.5, 0.6) is 0 Å². The molecule has 0 saturated carbocycles. The van der Waals surface area contributed by atoms with Crippen LogP contribution >= 0.6 is 12.2 Å². The summed E-state index contributed by atoms with van der Waals surface area (Å²) in [7, 11) is 0. The molecule has 1 N–H and O–H groups in total. The highest BCUT2D eigenvalue weighted by atomic mass is 32.1. The summed E-state index contributed by atoms with van der Waals surface area (Å²) in [6.07, 6.45) is 1.56. The summed E-state index contributed by atoms with van der Waals surface area (Å²) in [5.41, 5.74) is 0.0255. The smallest absolute Gasteiger partial charge is 0.112 e. The Morgan fingerprint density at radius 2 is 2.40 bits per heavy atom. The van der Waals surface area contributed by atoms with E-state index in [0.29, 0.717) is 0 Å². The zero-order chi connectivity index (χ0) is 7.56. The van der Waals surface area contributed by atoms with E-state index >= 15 is 0 Å². The molecule has 0 spiro atoms. The SMILES string of the molecule is O=C([O-])c1ccc[nH]c1=S. The molecule has 1 aromatic rings. The molecular formula is C6H4NO2S-. The first-order chi connectivity index (χ1) is 4.72. The minimum absolute atomic E-state index is 0.0255. The Morgan fingerprint density at radius 3 is 2.80 bits per heavy atom. The van der Waals surface area contributed by atoms with Crippen molar-refractivity contribution in [3.63, 3.8) is 0 Å². The Hall–Kier alpha value is -1.16. The number of pyridine rings is 1. The molecule has 0 atom stereocenters. The number of aromatic amines is 1. The molecule has 1 aromatic heterocycles. The zero-order valence-corrected chi connectivity index (χ0v) is 5.77. The van der Waals surface area contributed by atoms with E-state index in [1.165, 1.54) is 6.07 Å². The van der Waals surface area contributed by atoms with Gasteiger partial charge in [0.05, 0.1) is 5.97 Å². The van der Waals surface area contributed by atoms with Gasteiger partial charge in [-0.2, -0.15) is 0 Å². The molecule has 1 rings (SSSR count). The topological polar surface area (TPSA) is 55.9 Å². The molecule has 0 bridgehead atoms. The summed E-state index contributed by atoms with van der Waals surface area (Å²) in [6.45, 7) is 0. The number of aromatic carboxylic acids is 1. The van der Waals surface area contributed by atoms with E-state index < -0.39 is 5.97 Å². The number of carboxylic acids is 1. The average molecular weight is 154 g/mol. The number of rotatable bonds is 1. The molecule has 0 aliphatic rings. The Labute approximate surface area is 62.3 Å². The van der Waals surface area contributed by atoms with Crippen LogP contribution < -0.4 is 5.11 Å². The van der Waals surface area contributed by atoms with Gasteiger partial charge in [-0.25, -0.2) is 0 Å². The number of carbonyl (C=O) groups is 1. The molecule has 1 heterocycles. The van der Waals surface area contributed by atoms with Gasteiger partial charge in [-0.05, 0) is 12.1 Å². The van der Waals surface area contributed by atoms with Crippen LogP contribution in [0, 0.1) is 4.64 Å². The monoisotopic (exact) mass is 154 g/mol. The summed E-state index contributed by atoms with van der Waals surface area (Å²) in [5.74, 6) is -1.25. The molecule has 10 heavy (non-hydrogen) atoms. The zero-order valence-electron chi connectivity index (χ0n) is 4.96. The summed E-state index contributed by atoms with van der Waals surface area (Å²) in [5, 5.41) is 10.2. The van der Waals surface area contributed by atoms with Gasteiger partial charge in [-0.15, -0.1) is 0 Å². The predicted octanol–water partition coefficient (Wildman–Crippen LogP) is 0.108. The fourth-order valence-electron chi connectivity index (χ4n) is 0.582. The van der Waals surface area contributed by atoms with Crippen LogP contribution in [0.2, 0.25) is 0 Å². The van der Waals surface area contributed by atoms with Crippen molar-refractivity contribution in [3.05, 3.63) is 28.5 Å². The van der Waals surface area contributed by atoms with E-state index in [2.05, 4.69) is 17.2 Å². The van der Waals surface area contributed by atoms with Crippen molar-refractivity contribution in [3.8, 4) is 0 Å². The second-order valence-electron chi connectivity index (χ2n) is 1.70. The van der Waals surface area contributed by atoms with Gasteiger partial charge < -0.3 is 14.9 Å². The molecule has 0 aliphatic carbocycles. The lowest BCUT2D eigenvalue weighted by atomic mass is 10.3. The second kappa shape index (κ2) is 2.62. The molecule has 0 fully saturated rings. The number of hydrogen-bond donors (Lipinski definition) is 1. The van der Waals surface area contributed by atoms with E-state index in [-0.39, 0.29) is 10.2 Å². The van der Waals surface area contributed by atoms with E-state index in [0.717, 1.165) is 0 Å². The lowest BCUT2D eigenvalue weighted by Crippen LogP contribution is -2.22. The molecule has 0 unspecified atom stereocenters. The van der Waals surface area contributed by atoms with Gasteiger partial charge in [-0.3, -0.25) is 0 Å². The molecule has 0 saturated heterocycles. The molecule has 52 valence electrons. The van der Waals surface area contributed by atoms with Gasteiger partial charge in [0.1, 0.15) is 4.64 Å². The van der Waals surface area contributed by atoms with Gasteiger partial charge in [0.2, 0.25) is 0 Å². The van der Waals surface area contributed by atoms with Crippen molar-refractivity contribution in [2.24, 2.45) is 0 Å². The van der Waals surface area contributed by atoms with Crippen molar-refractivity contribution < 1.29 is 9.90 Å². The van der Waals surface area contributed by atoms with Crippen molar-refractivity contribution in [2.45, 2.75) is 0 Å². The highest BCUT2D eigenvalue weighted by Gasteiger charge is 1.92.